The van der Waals surface area contributed by atoms with Crippen LogP contribution in [0.15, 0.2) is 12.4 Å². The van der Waals surface area contributed by atoms with Gasteiger partial charge in [0.1, 0.15) is 17.7 Å². The van der Waals surface area contributed by atoms with Crippen molar-refractivity contribution in [3.05, 3.63) is 23.8 Å². The van der Waals surface area contributed by atoms with Crippen molar-refractivity contribution < 1.29 is 18.0 Å². The third kappa shape index (κ3) is 3.44. The van der Waals surface area contributed by atoms with Gasteiger partial charge >= 0.3 is 6.18 Å². The molecule has 2 heterocycles. The first-order valence-corrected chi connectivity index (χ1v) is 5.63. The van der Waals surface area contributed by atoms with Crippen LogP contribution >= 0.6 is 0 Å². The molecule has 0 aliphatic carbocycles. The molecule has 1 fully saturated rings. The molecule has 0 unspecified atom stereocenters. The number of halogens is 3. The highest BCUT2D eigenvalue weighted by Gasteiger charge is 2.32. The zero-order valence-electron chi connectivity index (χ0n) is 9.87. The molecular formula is C12H10F3N3O. The molecule has 1 aliphatic rings. The van der Waals surface area contributed by atoms with Gasteiger partial charge in [0.2, 0.25) is 5.91 Å². The normalized spacial score (nSPS) is 15.3. The number of hydrogen-bond donors (Lipinski definition) is 0. The first-order valence-electron chi connectivity index (χ1n) is 5.63. The maximum Gasteiger partial charge on any atom is 0.433 e. The Kier molecular flexibility index (Phi) is 3.69. The maximum atomic E-state index is 12.4. The van der Waals surface area contributed by atoms with E-state index in [0.29, 0.717) is 13.0 Å². The van der Waals surface area contributed by atoms with Gasteiger partial charge in [0.05, 0.1) is 6.54 Å². The summed E-state index contributed by atoms with van der Waals surface area (Å²) in [5, 5.41) is 0. The fourth-order valence-corrected chi connectivity index (χ4v) is 1.68. The molecule has 0 radical (unpaired) electrons. The minimum absolute atomic E-state index is 0.00558. The predicted molar refractivity (Wildman–Crippen MR) is 59.7 cm³/mol. The van der Waals surface area contributed by atoms with E-state index < -0.39 is 11.9 Å². The topological polar surface area (TPSA) is 46.1 Å². The van der Waals surface area contributed by atoms with Crippen LogP contribution in [0.5, 0.6) is 0 Å². The molecule has 1 saturated heterocycles. The Morgan fingerprint density at radius 1 is 1.37 bits per heavy atom. The van der Waals surface area contributed by atoms with Crippen molar-refractivity contribution in [2.24, 2.45) is 0 Å². The van der Waals surface area contributed by atoms with Gasteiger partial charge in [-0.15, -0.1) is 0 Å². The first-order chi connectivity index (χ1) is 8.97. The van der Waals surface area contributed by atoms with Crippen LogP contribution in [0, 0.1) is 11.8 Å². The second-order valence-corrected chi connectivity index (χ2v) is 4.01. The number of nitrogens with zero attached hydrogens (tertiary/aromatic N) is 3. The summed E-state index contributed by atoms with van der Waals surface area (Å²) in [6, 6.07) is 0.790. The summed E-state index contributed by atoms with van der Waals surface area (Å²) < 4.78 is 37.2. The number of carbonyl (C=O) groups is 1. The monoisotopic (exact) mass is 269 g/mol. The number of hydrogen-bond acceptors (Lipinski definition) is 3. The van der Waals surface area contributed by atoms with Gasteiger partial charge in [-0.1, -0.05) is 5.92 Å². The van der Waals surface area contributed by atoms with Crippen molar-refractivity contribution in [3.8, 4) is 11.8 Å². The molecule has 0 aromatic carbocycles. The fourth-order valence-electron chi connectivity index (χ4n) is 1.68. The second kappa shape index (κ2) is 5.26. The minimum Gasteiger partial charge on any atom is -0.332 e. The Balaban J connectivity index is 2.05. The molecule has 1 amide bonds. The van der Waals surface area contributed by atoms with Gasteiger partial charge in [-0.25, -0.2) is 9.97 Å². The summed E-state index contributed by atoms with van der Waals surface area (Å²) in [7, 11) is 0. The number of rotatable bonds is 1. The van der Waals surface area contributed by atoms with Gasteiger partial charge in [0.25, 0.3) is 0 Å². The number of alkyl halides is 3. The summed E-state index contributed by atoms with van der Waals surface area (Å²) in [5.74, 6) is 5.18. The Bertz CT molecular complexity index is 545. The zero-order chi connectivity index (χ0) is 13.9. The van der Waals surface area contributed by atoms with Crippen molar-refractivity contribution >= 4 is 5.91 Å². The van der Waals surface area contributed by atoms with E-state index >= 15 is 0 Å². The van der Waals surface area contributed by atoms with Crippen molar-refractivity contribution in [2.45, 2.75) is 19.0 Å². The van der Waals surface area contributed by atoms with E-state index in [9.17, 15) is 18.0 Å². The van der Waals surface area contributed by atoms with Gasteiger partial charge in [-0.05, 0) is 12.3 Å². The SMILES string of the molecule is O=C1CCCN1CC#Cc1cc(C(F)(F)F)ncn1. The molecule has 2 rings (SSSR count). The molecule has 0 N–H and O–H groups in total. The van der Waals surface area contributed by atoms with Crippen molar-refractivity contribution in [1.82, 2.24) is 14.9 Å². The van der Waals surface area contributed by atoms with E-state index in [1.807, 2.05) is 0 Å². The molecule has 19 heavy (non-hydrogen) atoms. The van der Waals surface area contributed by atoms with Crippen LogP contribution in [0.2, 0.25) is 0 Å². The summed E-state index contributed by atoms with van der Waals surface area (Å²) in [4.78, 5) is 19.6. The van der Waals surface area contributed by atoms with Gasteiger partial charge in [-0.3, -0.25) is 4.79 Å². The van der Waals surface area contributed by atoms with E-state index in [1.54, 1.807) is 4.90 Å². The van der Waals surface area contributed by atoms with Crippen LogP contribution in [0.25, 0.3) is 0 Å². The molecule has 1 aromatic rings. The molecule has 1 aliphatic heterocycles. The molecule has 100 valence electrons. The lowest BCUT2D eigenvalue weighted by atomic mass is 10.3. The van der Waals surface area contributed by atoms with Crippen LogP contribution < -0.4 is 0 Å². The molecule has 0 saturated carbocycles. The summed E-state index contributed by atoms with van der Waals surface area (Å²) in [5.41, 5.74) is -1.03. The lowest BCUT2D eigenvalue weighted by molar-refractivity contribution is -0.141. The molecule has 0 spiro atoms. The number of amides is 1. The maximum absolute atomic E-state index is 12.4. The fraction of sp³-hybridized carbons (Fsp3) is 0.417. The Labute approximate surface area is 107 Å². The summed E-state index contributed by atoms with van der Waals surface area (Å²) in [6.45, 7) is 0.856. The third-order valence-corrected chi connectivity index (χ3v) is 2.62. The quantitative estimate of drug-likeness (QED) is 0.725. The zero-order valence-corrected chi connectivity index (χ0v) is 9.87. The van der Waals surface area contributed by atoms with Crippen LogP contribution in [0.3, 0.4) is 0 Å². The second-order valence-electron chi connectivity index (χ2n) is 4.01. The minimum atomic E-state index is -4.51. The van der Waals surface area contributed by atoms with Crippen molar-refractivity contribution in [3.63, 3.8) is 0 Å². The molecule has 0 atom stereocenters. The molecule has 4 nitrogen and oxygen atoms in total. The van der Waals surface area contributed by atoms with Crippen molar-refractivity contribution in [2.75, 3.05) is 13.1 Å². The summed E-state index contributed by atoms with van der Waals surface area (Å²) in [6.07, 6.45) is -2.38. The highest BCUT2D eigenvalue weighted by Crippen LogP contribution is 2.26. The van der Waals surface area contributed by atoms with Crippen molar-refractivity contribution in [1.29, 1.82) is 0 Å². The molecule has 1 aromatic heterocycles. The smallest absolute Gasteiger partial charge is 0.332 e. The first kappa shape index (κ1) is 13.3. The van der Waals surface area contributed by atoms with Gasteiger partial charge in [0, 0.05) is 19.0 Å². The van der Waals surface area contributed by atoms with Crippen LogP contribution in [0.1, 0.15) is 24.2 Å². The van der Waals surface area contributed by atoms with E-state index in [1.165, 1.54) is 0 Å². The Morgan fingerprint density at radius 2 is 2.16 bits per heavy atom. The Hall–Kier alpha value is -2.10. The highest BCUT2D eigenvalue weighted by atomic mass is 19.4. The molecular weight excluding hydrogens is 259 g/mol. The van der Waals surface area contributed by atoms with E-state index in [-0.39, 0.29) is 18.1 Å². The van der Waals surface area contributed by atoms with Gasteiger partial charge in [0.15, 0.2) is 0 Å². The highest BCUT2D eigenvalue weighted by molar-refractivity contribution is 5.78. The van der Waals surface area contributed by atoms with Crippen LogP contribution in [-0.4, -0.2) is 33.9 Å². The van der Waals surface area contributed by atoms with Gasteiger partial charge in [-0.2, -0.15) is 13.2 Å². The predicted octanol–water partition coefficient (Wildman–Crippen LogP) is 1.47. The lowest BCUT2D eigenvalue weighted by Crippen LogP contribution is -2.24. The standard InChI is InChI=1S/C12H10F3N3O/c13-12(14,15)10-7-9(16-8-17-10)3-1-5-18-6-2-4-11(18)19/h7-8H,2,4-6H2. The number of likely N-dealkylation sites (tertiary alicyclic amines) is 1. The van der Waals surface area contributed by atoms with Crippen LogP contribution in [-0.2, 0) is 11.0 Å². The molecule has 7 heteroatoms. The average molecular weight is 269 g/mol. The Morgan fingerprint density at radius 3 is 2.79 bits per heavy atom. The van der Waals surface area contributed by atoms with E-state index in [2.05, 4.69) is 21.8 Å². The lowest BCUT2D eigenvalue weighted by Gasteiger charge is -2.09. The summed E-state index contributed by atoms with van der Waals surface area (Å²) >= 11 is 0. The third-order valence-electron chi connectivity index (χ3n) is 2.62. The molecule has 0 bridgehead atoms. The van der Waals surface area contributed by atoms with E-state index in [4.69, 9.17) is 0 Å². The van der Waals surface area contributed by atoms with Crippen LogP contribution in [0.4, 0.5) is 13.2 Å². The average Bonchev–Trinajstić information content (AvgIpc) is 2.75. The van der Waals surface area contributed by atoms with E-state index in [0.717, 1.165) is 18.8 Å². The largest absolute Gasteiger partial charge is 0.433 e. The van der Waals surface area contributed by atoms with Gasteiger partial charge < -0.3 is 4.90 Å². The number of carbonyl (C=O) groups excluding carboxylic acids is 1. The number of aromatic nitrogens is 2.